The zero-order valence-electron chi connectivity index (χ0n) is 20.8. The third-order valence-electron chi connectivity index (χ3n) is 6.93. The van der Waals surface area contributed by atoms with Crippen molar-refractivity contribution in [3.05, 3.63) is 60.2 Å². The predicted molar refractivity (Wildman–Crippen MR) is 134 cm³/mol. The summed E-state index contributed by atoms with van der Waals surface area (Å²) in [5.74, 6) is 1.72. The Morgan fingerprint density at radius 1 is 0.971 bits per heavy atom. The number of carbonyl (C=O) groups is 2. The van der Waals surface area contributed by atoms with E-state index in [0.717, 1.165) is 31.1 Å². The number of hydrogen-bond acceptors (Lipinski definition) is 4. The number of nitrogens with one attached hydrogen (secondary N) is 1. The Morgan fingerprint density at radius 2 is 1.59 bits per heavy atom. The van der Waals surface area contributed by atoms with E-state index in [-0.39, 0.29) is 17.2 Å². The van der Waals surface area contributed by atoms with Crippen LogP contribution in [0.4, 0.5) is 0 Å². The van der Waals surface area contributed by atoms with Crippen molar-refractivity contribution >= 4 is 11.8 Å². The zero-order valence-corrected chi connectivity index (χ0v) is 20.8. The van der Waals surface area contributed by atoms with Crippen molar-refractivity contribution in [3.63, 3.8) is 0 Å². The summed E-state index contributed by atoms with van der Waals surface area (Å²) in [6, 6.07) is 17.5. The summed E-state index contributed by atoms with van der Waals surface area (Å²) in [4.78, 5) is 30.8. The first-order valence-corrected chi connectivity index (χ1v) is 12.4. The van der Waals surface area contributed by atoms with Gasteiger partial charge in [0.15, 0.2) is 0 Å². The van der Waals surface area contributed by atoms with E-state index in [1.807, 2.05) is 54.3 Å². The molecule has 182 valence electrons. The molecule has 0 saturated carbocycles. The Hall–Kier alpha value is -2.86. The topological polar surface area (TPSA) is 61.9 Å². The molecule has 2 fully saturated rings. The second kappa shape index (κ2) is 9.79. The first-order chi connectivity index (χ1) is 16.2. The fourth-order valence-electron chi connectivity index (χ4n) is 5.21. The maximum Gasteiger partial charge on any atom is 0.246 e. The van der Waals surface area contributed by atoms with Crippen LogP contribution in [0.25, 0.3) is 0 Å². The normalized spacial score (nSPS) is 20.9. The average molecular weight is 464 g/mol. The van der Waals surface area contributed by atoms with Crippen LogP contribution in [-0.4, -0.2) is 52.8 Å². The lowest BCUT2D eigenvalue weighted by Gasteiger charge is -2.52. The number of carbonyl (C=O) groups excluding carboxylic acids is 2. The number of likely N-dealkylation sites (N-methyl/N-ethyl adjacent to an activating group) is 1. The molecule has 2 aliphatic heterocycles. The molecule has 6 nitrogen and oxygen atoms in total. The molecule has 1 spiro atoms. The number of rotatable bonds is 6. The molecule has 0 radical (unpaired) electrons. The predicted octanol–water partition coefficient (Wildman–Crippen LogP) is 4.60. The molecule has 2 aromatic carbocycles. The lowest BCUT2D eigenvalue weighted by Crippen LogP contribution is -2.73. The molecule has 0 aliphatic carbocycles. The monoisotopic (exact) mass is 463 g/mol. The van der Waals surface area contributed by atoms with E-state index in [0.29, 0.717) is 25.8 Å². The number of piperazine rings is 1. The van der Waals surface area contributed by atoms with E-state index in [9.17, 15) is 9.59 Å². The highest BCUT2D eigenvalue weighted by atomic mass is 16.5. The van der Waals surface area contributed by atoms with Gasteiger partial charge in [0.2, 0.25) is 11.8 Å². The Bertz CT molecular complexity index is 990. The number of likely N-dealkylation sites (tertiary alicyclic amines) is 1. The number of piperidine rings is 1. The van der Waals surface area contributed by atoms with Crippen molar-refractivity contribution in [2.75, 3.05) is 19.6 Å². The third-order valence-corrected chi connectivity index (χ3v) is 6.93. The highest BCUT2D eigenvalue weighted by molar-refractivity contribution is 6.00. The first-order valence-electron chi connectivity index (χ1n) is 12.4. The summed E-state index contributed by atoms with van der Waals surface area (Å²) in [6.07, 6.45) is 1.98. The number of ether oxygens (including phenoxy) is 1. The molecule has 2 aliphatic rings. The minimum absolute atomic E-state index is 0.0188. The molecular weight excluding hydrogens is 426 g/mol. The summed E-state index contributed by atoms with van der Waals surface area (Å²) in [5, 5.41) is 3.08. The van der Waals surface area contributed by atoms with E-state index < -0.39 is 11.6 Å². The molecule has 0 unspecified atom stereocenters. The van der Waals surface area contributed by atoms with Crippen LogP contribution in [0.1, 0.15) is 52.5 Å². The van der Waals surface area contributed by atoms with Gasteiger partial charge < -0.3 is 15.0 Å². The molecule has 2 amide bonds. The Morgan fingerprint density at radius 3 is 2.18 bits per heavy atom. The Labute approximate surface area is 203 Å². The molecule has 2 saturated heterocycles. The van der Waals surface area contributed by atoms with Crippen LogP contribution in [0.3, 0.4) is 0 Å². The minimum atomic E-state index is -0.718. The molecule has 4 rings (SSSR count). The quantitative estimate of drug-likeness (QED) is 0.680. The van der Waals surface area contributed by atoms with Crippen LogP contribution in [0.15, 0.2) is 54.6 Å². The molecule has 6 heteroatoms. The molecule has 34 heavy (non-hydrogen) atoms. The molecule has 1 atom stereocenters. The van der Waals surface area contributed by atoms with Crippen LogP contribution >= 0.6 is 0 Å². The second-order valence-electron chi connectivity index (χ2n) is 10.7. The standard InChI is InChI=1S/C28H37N3O3/c1-5-31-25(32)24(19-27(2,3)4)29-26(33)28(31)15-17-30(18-16-28)20-21-11-13-23(14-12-21)34-22-9-7-6-8-10-22/h6-14,24H,5,15-20H2,1-4H3,(H,29,33)/t24-/m0/s1. The maximum atomic E-state index is 13.3. The van der Waals surface area contributed by atoms with Crippen molar-refractivity contribution < 1.29 is 14.3 Å². The van der Waals surface area contributed by atoms with Crippen molar-refractivity contribution in [1.29, 1.82) is 0 Å². The number of benzene rings is 2. The lowest BCUT2D eigenvalue weighted by atomic mass is 9.79. The van der Waals surface area contributed by atoms with Gasteiger partial charge >= 0.3 is 0 Å². The van der Waals surface area contributed by atoms with E-state index in [2.05, 4.69) is 43.1 Å². The van der Waals surface area contributed by atoms with Crippen LogP contribution in [0.2, 0.25) is 0 Å². The Kier molecular flexibility index (Phi) is 6.99. The van der Waals surface area contributed by atoms with E-state index in [1.165, 1.54) is 5.56 Å². The van der Waals surface area contributed by atoms with Gasteiger partial charge in [0, 0.05) is 26.2 Å². The summed E-state index contributed by atoms with van der Waals surface area (Å²) in [7, 11) is 0. The van der Waals surface area contributed by atoms with Gasteiger partial charge in [-0.2, -0.15) is 0 Å². The van der Waals surface area contributed by atoms with Crippen molar-refractivity contribution in [2.24, 2.45) is 5.41 Å². The number of amides is 2. The molecule has 1 N–H and O–H groups in total. The molecule has 0 aromatic heterocycles. The van der Waals surface area contributed by atoms with E-state index in [1.54, 1.807) is 0 Å². The summed E-state index contributed by atoms with van der Waals surface area (Å²) < 4.78 is 5.89. The summed E-state index contributed by atoms with van der Waals surface area (Å²) >= 11 is 0. The first kappa shape index (κ1) is 24.3. The zero-order chi connectivity index (χ0) is 24.3. The van der Waals surface area contributed by atoms with E-state index in [4.69, 9.17) is 4.74 Å². The van der Waals surface area contributed by atoms with Gasteiger partial charge in [-0.3, -0.25) is 14.5 Å². The highest BCUT2D eigenvalue weighted by Gasteiger charge is 2.53. The fraction of sp³-hybridized carbons (Fsp3) is 0.500. The van der Waals surface area contributed by atoms with Gasteiger partial charge in [-0.15, -0.1) is 0 Å². The maximum absolute atomic E-state index is 13.3. The van der Waals surface area contributed by atoms with Crippen LogP contribution in [0.5, 0.6) is 11.5 Å². The van der Waals surface area contributed by atoms with E-state index >= 15 is 0 Å². The van der Waals surface area contributed by atoms with Gasteiger partial charge in [0.1, 0.15) is 23.1 Å². The Balaban J connectivity index is 1.36. The fourth-order valence-corrected chi connectivity index (χ4v) is 5.21. The third kappa shape index (κ3) is 5.27. The SMILES string of the molecule is CCN1C(=O)[C@H](CC(C)(C)C)NC(=O)C12CCN(Cc1ccc(Oc3ccccc3)cc1)CC2. The van der Waals surface area contributed by atoms with Gasteiger partial charge in [-0.25, -0.2) is 0 Å². The second-order valence-corrected chi connectivity index (χ2v) is 10.7. The molecule has 2 aromatic rings. The number of nitrogens with zero attached hydrogens (tertiary/aromatic N) is 2. The van der Waals surface area contributed by atoms with Gasteiger partial charge in [-0.05, 0) is 61.4 Å². The molecule has 0 bridgehead atoms. The molecule has 2 heterocycles. The van der Waals surface area contributed by atoms with Crippen LogP contribution in [-0.2, 0) is 16.1 Å². The minimum Gasteiger partial charge on any atom is -0.457 e. The van der Waals surface area contributed by atoms with Crippen LogP contribution < -0.4 is 10.1 Å². The van der Waals surface area contributed by atoms with Gasteiger partial charge in [0.05, 0.1) is 0 Å². The van der Waals surface area contributed by atoms with Crippen molar-refractivity contribution in [2.45, 2.75) is 65.1 Å². The van der Waals surface area contributed by atoms with Crippen molar-refractivity contribution in [3.8, 4) is 11.5 Å². The summed E-state index contributed by atoms with van der Waals surface area (Å²) in [6.45, 7) is 11.2. The van der Waals surface area contributed by atoms with Crippen molar-refractivity contribution in [1.82, 2.24) is 15.1 Å². The van der Waals surface area contributed by atoms with Gasteiger partial charge in [-0.1, -0.05) is 51.1 Å². The number of para-hydroxylation sites is 1. The lowest BCUT2D eigenvalue weighted by molar-refractivity contribution is -0.161. The van der Waals surface area contributed by atoms with Gasteiger partial charge in [0.25, 0.3) is 0 Å². The molecular formula is C28H37N3O3. The smallest absolute Gasteiger partial charge is 0.246 e. The largest absolute Gasteiger partial charge is 0.457 e. The number of hydrogen-bond donors (Lipinski definition) is 1. The average Bonchev–Trinajstić information content (AvgIpc) is 2.80. The highest BCUT2D eigenvalue weighted by Crippen LogP contribution is 2.35. The van der Waals surface area contributed by atoms with Crippen LogP contribution in [0, 0.1) is 5.41 Å². The summed E-state index contributed by atoms with van der Waals surface area (Å²) in [5.41, 5.74) is 0.463.